The largest absolute Gasteiger partial charge is 0.493 e. The average Bonchev–Trinajstić information content (AvgIpc) is 3.28. The van der Waals surface area contributed by atoms with Crippen LogP contribution in [0.1, 0.15) is 19.8 Å². The highest BCUT2D eigenvalue weighted by Gasteiger charge is 2.17. The lowest BCUT2D eigenvalue weighted by atomic mass is 10.1. The molecular formula is C27H25ClN2O3. The fraction of sp³-hybridized carbons (Fsp3) is 0.185. The molecule has 5 nitrogen and oxygen atoms in total. The first-order chi connectivity index (χ1) is 16.2. The Balaban J connectivity index is 1.66. The molecule has 0 saturated carbocycles. The molecule has 0 bridgehead atoms. The predicted octanol–water partition coefficient (Wildman–Crippen LogP) is 6.58. The molecule has 1 heterocycles. The van der Waals surface area contributed by atoms with Crippen LogP contribution in [0.2, 0.25) is 5.02 Å². The Morgan fingerprint density at radius 3 is 2.39 bits per heavy atom. The second-order valence-electron chi connectivity index (χ2n) is 7.40. The molecule has 1 aromatic heterocycles. The predicted molar refractivity (Wildman–Crippen MR) is 131 cm³/mol. The van der Waals surface area contributed by atoms with E-state index < -0.39 is 0 Å². The molecule has 0 fully saturated rings. The first-order valence-electron chi connectivity index (χ1n) is 11.0. The standard InChI is InChI=1S/C27H25ClN2O3/c1-2-32-27(31)17-10-18-33-26-16-9-7-14-22(26)24-19-25(21-13-6-8-15-23(21)28)30(29-24)20-11-4-3-5-12-20/h3-9,11-16,19H,2,10,17-18H2,1H3. The zero-order chi connectivity index (χ0) is 23.0. The first kappa shape index (κ1) is 22.6. The van der Waals surface area contributed by atoms with Gasteiger partial charge in [-0.3, -0.25) is 4.79 Å². The minimum atomic E-state index is -0.208. The van der Waals surface area contributed by atoms with E-state index in [0.29, 0.717) is 36.8 Å². The summed E-state index contributed by atoms with van der Waals surface area (Å²) < 4.78 is 12.9. The Morgan fingerprint density at radius 2 is 1.64 bits per heavy atom. The van der Waals surface area contributed by atoms with E-state index in [1.54, 1.807) is 6.92 Å². The van der Waals surface area contributed by atoms with Gasteiger partial charge in [-0.1, -0.05) is 60.1 Å². The van der Waals surface area contributed by atoms with Crippen molar-refractivity contribution < 1.29 is 14.3 Å². The van der Waals surface area contributed by atoms with E-state index in [4.69, 9.17) is 26.2 Å². The van der Waals surface area contributed by atoms with Gasteiger partial charge in [0.05, 0.1) is 30.3 Å². The number of carbonyl (C=O) groups excluding carboxylic acids is 1. The summed E-state index contributed by atoms with van der Waals surface area (Å²) >= 11 is 6.53. The van der Waals surface area contributed by atoms with Crippen molar-refractivity contribution in [1.29, 1.82) is 0 Å². The molecular weight excluding hydrogens is 436 g/mol. The molecule has 4 aromatic rings. The quantitative estimate of drug-likeness (QED) is 0.209. The van der Waals surface area contributed by atoms with Gasteiger partial charge in [0.15, 0.2) is 0 Å². The zero-order valence-corrected chi connectivity index (χ0v) is 19.2. The molecule has 0 aliphatic carbocycles. The maximum atomic E-state index is 11.6. The normalized spacial score (nSPS) is 10.7. The smallest absolute Gasteiger partial charge is 0.305 e. The van der Waals surface area contributed by atoms with Crippen LogP contribution in [-0.2, 0) is 9.53 Å². The van der Waals surface area contributed by atoms with Crippen molar-refractivity contribution in [2.75, 3.05) is 13.2 Å². The molecule has 0 aliphatic heterocycles. The number of aromatic nitrogens is 2. The van der Waals surface area contributed by atoms with E-state index in [1.165, 1.54) is 0 Å². The van der Waals surface area contributed by atoms with Gasteiger partial charge in [-0.2, -0.15) is 5.10 Å². The van der Waals surface area contributed by atoms with Gasteiger partial charge in [0.2, 0.25) is 0 Å². The number of hydrogen-bond donors (Lipinski definition) is 0. The fourth-order valence-electron chi connectivity index (χ4n) is 3.58. The van der Waals surface area contributed by atoms with Crippen molar-refractivity contribution in [3.63, 3.8) is 0 Å². The summed E-state index contributed by atoms with van der Waals surface area (Å²) in [5.74, 6) is 0.505. The molecule has 168 valence electrons. The topological polar surface area (TPSA) is 53.4 Å². The van der Waals surface area contributed by atoms with E-state index in [1.807, 2.05) is 89.6 Å². The molecule has 0 unspecified atom stereocenters. The molecule has 0 atom stereocenters. The summed E-state index contributed by atoms with van der Waals surface area (Å²) in [5.41, 5.74) is 4.37. The summed E-state index contributed by atoms with van der Waals surface area (Å²) in [6.07, 6.45) is 0.909. The van der Waals surface area contributed by atoms with Crippen molar-refractivity contribution in [3.05, 3.63) is 90.0 Å². The van der Waals surface area contributed by atoms with E-state index in [-0.39, 0.29) is 5.97 Å². The van der Waals surface area contributed by atoms with Crippen LogP contribution in [0.3, 0.4) is 0 Å². The highest BCUT2D eigenvalue weighted by Crippen LogP contribution is 2.35. The Bertz CT molecular complexity index is 1220. The van der Waals surface area contributed by atoms with Gasteiger partial charge in [0, 0.05) is 22.6 Å². The summed E-state index contributed by atoms with van der Waals surface area (Å²) in [5, 5.41) is 5.57. The second kappa shape index (κ2) is 10.8. The maximum Gasteiger partial charge on any atom is 0.305 e. The molecule has 33 heavy (non-hydrogen) atoms. The van der Waals surface area contributed by atoms with Crippen molar-refractivity contribution in [2.24, 2.45) is 0 Å². The highest BCUT2D eigenvalue weighted by molar-refractivity contribution is 6.33. The molecule has 0 aliphatic rings. The van der Waals surface area contributed by atoms with E-state index >= 15 is 0 Å². The van der Waals surface area contributed by atoms with Crippen molar-refractivity contribution in [2.45, 2.75) is 19.8 Å². The Hall–Kier alpha value is -3.57. The summed E-state index contributed by atoms with van der Waals surface area (Å²) in [6, 6.07) is 27.5. The lowest BCUT2D eigenvalue weighted by Gasteiger charge is -2.10. The third kappa shape index (κ3) is 5.44. The summed E-state index contributed by atoms with van der Waals surface area (Å²) in [4.78, 5) is 11.6. The third-order valence-corrected chi connectivity index (χ3v) is 5.44. The number of halogens is 1. The van der Waals surface area contributed by atoms with Gasteiger partial charge in [-0.05, 0) is 49.7 Å². The fourth-order valence-corrected chi connectivity index (χ4v) is 3.81. The Labute approximate surface area is 198 Å². The van der Waals surface area contributed by atoms with Crippen LogP contribution in [0.5, 0.6) is 5.75 Å². The van der Waals surface area contributed by atoms with Crippen LogP contribution in [0.15, 0.2) is 84.9 Å². The van der Waals surface area contributed by atoms with Gasteiger partial charge >= 0.3 is 5.97 Å². The lowest BCUT2D eigenvalue weighted by Crippen LogP contribution is -2.07. The SMILES string of the molecule is CCOC(=O)CCCOc1ccccc1-c1cc(-c2ccccc2Cl)n(-c2ccccc2)n1. The molecule has 4 rings (SSSR count). The molecule has 0 spiro atoms. The summed E-state index contributed by atoms with van der Waals surface area (Å²) in [7, 11) is 0. The van der Waals surface area contributed by atoms with E-state index in [2.05, 4.69) is 0 Å². The van der Waals surface area contributed by atoms with Crippen molar-refractivity contribution in [1.82, 2.24) is 9.78 Å². The van der Waals surface area contributed by atoms with Gasteiger partial charge in [-0.25, -0.2) is 4.68 Å². The number of para-hydroxylation sites is 2. The third-order valence-electron chi connectivity index (χ3n) is 5.11. The van der Waals surface area contributed by atoms with Gasteiger partial charge in [0.25, 0.3) is 0 Å². The van der Waals surface area contributed by atoms with Gasteiger partial charge in [0.1, 0.15) is 5.75 Å². The van der Waals surface area contributed by atoms with Crippen molar-refractivity contribution >= 4 is 17.6 Å². The number of nitrogens with zero attached hydrogens (tertiary/aromatic N) is 2. The monoisotopic (exact) mass is 460 g/mol. The van der Waals surface area contributed by atoms with Crippen molar-refractivity contribution in [3.8, 4) is 34.0 Å². The number of esters is 1. The number of rotatable bonds is 9. The minimum Gasteiger partial charge on any atom is -0.493 e. The maximum absolute atomic E-state index is 11.6. The zero-order valence-electron chi connectivity index (χ0n) is 18.4. The lowest BCUT2D eigenvalue weighted by molar-refractivity contribution is -0.143. The van der Waals surface area contributed by atoms with Crippen LogP contribution in [0, 0.1) is 0 Å². The molecule has 6 heteroatoms. The van der Waals surface area contributed by atoms with Crippen LogP contribution in [0.4, 0.5) is 0 Å². The number of ether oxygens (including phenoxy) is 2. The number of hydrogen-bond acceptors (Lipinski definition) is 4. The number of carbonyl (C=O) groups is 1. The van der Waals surface area contributed by atoms with Gasteiger partial charge < -0.3 is 9.47 Å². The molecule has 0 N–H and O–H groups in total. The molecule has 0 saturated heterocycles. The van der Waals surface area contributed by atoms with Crippen LogP contribution in [-0.4, -0.2) is 29.0 Å². The average molecular weight is 461 g/mol. The first-order valence-corrected chi connectivity index (χ1v) is 11.3. The molecule has 0 radical (unpaired) electrons. The minimum absolute atomic E-state index is 0.208. The Morgan fingerprint density at radius 1 is 0.939 bits per heavy atom. The van der Waals surface area contributed by atoms with Crippen LogP contribution >= 0.6 is 11.6 Å². The van der Waals surface area contributed by atoms with E-state index in [9.17, 15) is 4.79 Å². The van der Waals surface area contributed by atoms with E-state index in [0.717, 1.165) is 28.2 Å². The summed E-state index contributed by atoms with van der Waals surface area (Å²) in [6.45, 7) is 2.60. The van der Waals surface area contributed by atoms with Crippen LogP contribution < -0.4 is 4.74 Å². The Kier molecular flexibility index (Phi) is 7.43. The van der Waals surface area contributed by atoms with Crippen LogP contribution in [0.25, 0.3) is 28.2 Å². The second-order valence-corrected chi connectivity index (χ2v) is 7.80. The molecule has 0 amide bonds. The van der Waals surface area contributed by atoms with Gasteiger partial charge in [-0.15, -0.1) is 0 Å². The number of benzene rings is 3. The molecule has 3 aromatic carbocycles. The highest BCUT2D eigenvalue weighted by atomic mass is 35.5.